The van der Waals surface area contributed by atoms with E-state index in [1.807, 2.05) is 0 Å². The van der Waals surface area contributed by atoms with Gasteiger partial charge in [0, 0.05) is 12.0 Å². The summed E-state index contributed by atoms with van der Waals surface area (Å²) >= 11 is 0. The number of aryl methyl sites for hydroxylation is 1. The predicted octanol–water partition coefficient (Wildman–Crippen LogP) is 3.72. The summed E-state index contributed by atoms with van der Waals surface area (Å²) in [5.41, 5.74) is 0.642. The van der Waals surface area contributed by atoms with Gasteiger partial charge in [-0.2, -0.15) is 5.10 Å². The highest BCUT2D eigenvalue weighted by Crippen LogP contribution is 2.33. The van der Waals surface area contributed by atoms with Crippen LogP contribution in [0.15, 0.2) is 12.1 Å². The Balaban J connectivity index is 1.96. The molecule has 3 rings (SSSR count). The van der Waals surface area contributed by atoms with Gasteiger partial charge in [-0.3, -0.25) is 5.10 Å². The maximum Gasteiger partial charge on any atom is 0.184 e. The van der Waals surface area contributed by atoms with Crippen LogP contribution in [0.1, 0.15) is 43.0 Å². The molecule has 2 aromatic rings. The summed E-state index contributed by atoms with van der Waals surface area (Å²) in [5, 5.41) is 6.95. The third-order valence-electron chi connectivity index (χ3n) is 3.73. The van der Waals surface area contributed by atoms with Crippen LogP contribution in [0.5, 0.6) is 0 Å². The van der Waals surface area contributed by atoms with Crippen molar-refractivity contribution < 1.29 is 8.78 Å². The van der Waals surface area contributed by atoms with Crippen molar-refractivity contribution in [1.29, 1.82) is 0 Å². The SMILES string of the molecule is Cc1cc(-c2n[nH]c(C3CCCC3)n2)c(F)cc1F. The van der Waals surface area contributed by atoms with Gasteiger partial charge in [0.2, 0.25) is 0 Å². The number of benzene rings is 1. The lowest BCUT2D eigenvalue weighted by Gasteiger charge is -2.03. The monoisotopic (exact) mass is 263 g/mol. The Morgan fingerprint density at radius 3 is 2.63 bits per heavy atom. The first-order chi connectivity index (χ1) is 9.15. The van der Waals surface area contributed by atoms with Crippen molar-refractivity contribution in [1.82, 2.24) is 15.2 Å². The molecule has 100 valence electrons. The maximum absolute atomic E-state index is 13.8. The molecule has 1 N–H and O–H groups in total. The lowest BCUT2D eigenvalue weighted by Crippen LogP contribution is -1.95. The smallest absolute Gasteiger partial charge is 0.184 e. The van der Waals surface area contributed by atoms with Gasteiger partial charge in [0.25, 0.3) is 0 Å². The van der Waals surface area contributed by atoms with Crippen LogP contribution in [-0.4, -0.2) is 15.2 Å². The fourth-order valence-electron chi connectivity index (χ4n) is 2.61. The van der Waals surface area contributed by atoms with Gasteiger partial charge in [-0.05, 0) is 31.4 Å². The second kappa shape index (κ2) is 4.72. The number of nitrogens with one attached hydrogen (secondary N) is 1. The molecule has 1 fully saturated rings. The second-order valence-corrected chi connectivity index (χ2v) is 5.11. The largest absolute Gasteiger partial charge is 0.262 e. The summed E-state index contributed by atoms with van der Waals surface area (Å²) in [4.78, 5) is 4.36. The number of rotatable bonds is 2. The molecule has 1 heterocycles. The summed E-state index contributed by atoms with van der Waals surface area (Å²) in [6.07, 6.45) is 4.59. The van der Waals surface area contributed by atoms with Crippen LogP contribution in [0, 0.1) is 18.6 Å². The van der Waals surface area contributed by atoms with Crippen molar-refractivity contribution in [3.63, 3.8) is 0 Å². The average Bonchev–Trinajstić information content (AvgIpc) is 3.03. The molecule has 3 nitrogen and oxygen atoms in total. The van der Waals surface area contributed by atoms with Gasteiger partial charge in [0.1, 0.15) is 17.5 Å². The second-order valence-electron chi connectivity index (χ2n) is 5.11. The number of hydrogen-bond acceptors (Lipinski definition) is 2. The number of H-pyrrole nitrogens is 1. The minimum atomic E-state index is -0.625. The molecular formula is C14H15F2N3. The minimum Gasteiger partial charge on any atom is -0.262 e. The molecule has 0 unspecified atom stereocenters. The standard InChI is InChI=1S/C14H15F2N3/c1-8-6-10(12(16)7-11(8)15)14-17-13(18-19-14)9-4-2-3-5-9/h6-7,9H,2-5H2,1H3,(H,17,18,19). The number of hydrogen-bond donors (Lipinski definition) is 1. The molecule has 1 saturated carbocycles. The van der Waals surface area contributed by atoms with Crippen molar-refractivity contribution in [2.75, 3.05) is 0 Å². The molecule has 0 saturated heterocycles. The van der Waals surface area contributed by atoms with Crippen molar-refractivity contribution in [3.8, 4) is 11.4 Å². The zero-order valence-electron chi connectivity index (χ0n) is 10.7. The molecule has 1 aromatic heterocycles. The summed E-state index contributed by atoms with van der Waals surface area (Å²) < 4.78 is 27.0. The lowest BCUT2D eigenvalue weighted by molar-refractivity contribution is 0.579. The number of aromatic amines is 1. The maximum atomic E-state index is 13.8. The Hall–Kier alpha value is -1.78. The van der Waals surface area contributed by atoms with Crippen molar-refractivity contribution >= 4 is 0 Å². The van der Waals surface area contributed by atoms with E-state index in [1.165, 1.54) is 18.9 Å². The minimum absolute atomic E-state index is 0.249. The highest BCUT2D eigenvalue weighted by atomic mass is 19.1. The molecule has 0 bridgehead atoms. The van der Waals surface area contributed by atoms with Gasteiger partial charge in [-0.1, -0.05) is 12.8 Å². The van der Waals surface area contributed by atoms with E-state index in [2.05, 4.69) is 15.2 Å². The fourth-order valence-corrected chi connectivity index (χ4v) is 2.61. The van der Waals surface area contributed by atoms with Crippen molar-refractivity contribution in [3.05, 3.63) is 35.2 Å². The highest BCUT2D eigenvalue weighted by Gasteiger charge is 2.22. The zero-order chi connectivity index (χ0) is 13.4. The van der Waals surface area contributed by atoms with Crippen LogP contribution >= 0.6 is 0 Å². The first-order valence-corrected chi connectivity index (χ1v) is 6.53. The third-order valence-corrected chi connectivity index (χ3v) is 3.73. The Morgan fingerprint density at radius 2 is 1.89 bits per heavy atom. The van der Waals surface area contributed by atoms with E-state index in [0.717, 1.165) is 24.7 Å². The fraction of sp³-hybridized carbons (Fsp3) is 0.429. The molecule has 1 aromatic carbocycles. The van der Waals surface area contributed by atoms with Crippen molar-refractivity contribution in [2.24, 2.45) is 0 Å². The molecule has 5 heteroatoms. The van der Waals surface area contributed by atoms with E-state index in [0.29, 0.717) is 17.3 Å². The van der Waals surface area contributed by atoms with E-state index in [-0.39, 0.29) is 5.56 Å². The molecule has 1 aliphatic rings. The topological polar surface area (TPSA) is 41.6 Å². The Bertz CT molecular complexity index is 601. The van der Waals surface area contributed by atoms with E-state index >= 15 is 0 Å². The first-order valence-electron chi connectivity index (χ1n) is 6.53. The molecule has 19 heavy (non-hydrogen) atoms. The van der Waals surface area contributed by atoms with Crippen LogP contribution in [0.25, 0.3) is 11.4 Å². The highest BCUT2D eigenvalue weighted by molar-refractivity contribution is 5.57. The average molecular weight is 263 g/mol. The Morgan fingerprint density at radius 1 is 1.16 bits per heavy atom. The summed E-state index contributed by atoms with van der Waals surface area (Å²) in [5.74, 6) is 0.343. The zero-order valence-corrected chi connectivity index (χ0v) is 10.7. The molecule has 0 spiro atoms. The first kappa shape index (κ1) is 12.3. The van der Waals surface area contributed by atoms with E-state index < -0.39 is 11.6 Å². The van der Waals surface area contributed by atoms with E-state index in [4.69, 9.17) is 0 Å². The molecule has 0 aliphatic heterocycles. The van der Waals surface area contributed by atoms with E-state index in [9.17, 15) is 8.78 Å². The third kappa shape index (κ3) is 2.25. The Labute approximate surface area is 110 Å². The molecule has 0 amide bonds. The van der Waals surface area contributed by atoms with Crippen molar-refractivity contribution in [2.45, 2.75) is 38.5 Å². The van der Waals surface area contributed by atoms with Gasteiger partial charge < -0.3 is 0 Å². The normalized spacial score (nSPS) is 16.2. The molecular weight excluding hydrogens is 248 g/mol. The van der Waals surface area contributed by atoms with Gasteiger partial charge in [-0.25, -0.2) is 13.8 Å². The number of halogens is 2. The molecule has 1 aliphatic carbocycles. The van der Waals surface area contributed by atoms with Crippen LogP contribution in [0.2, 0.25) is 0 Å². The van der Waals surface area contributed by atoms with Gasteiger partial charge >= 0.3 is 0 Å². The number of nitrogens with zero attached hydrogens (tertiary/aromatic N) is 2. The van der Waals surface area contributed by atoms with Crippen LogP contribution in [-0.2, 0) is 0 Å². The molecule has 0 radical (unpaired) electrons. The predicted molar refractivity (Wildman–Crippen MR) is 67.7 cm³/mol. The summed E-state index contributed by atoms with van der Waals surface area (Å²) in [6, 6.07) is 2.34. The van der Waals surface area contributed by atoms with Gasteiger partial charge in [-0.15, -0.1) is 0 Å². The summed E-state index contributed by atoms with van der Waals surface area (Å²) in [6.45, 7) is 1.60. The molecule has 0 atom stereocenters. The van der Waals surface area contributed by atoms with E-state index in [1.54, 1.807) is 6.92 Å². The van der Waals surface area contributed by atoms with Crippen LogP contribution in [0.4, 0.5) is 8.78 Å². The van der Waals surface area contributed by atoms with Crippen LogP contribution < -0.4 is 0 Å². The quantitative estimate of drug-likeness (QED) is 0.897. The van der Waals surface area contributed by atoms with Gasteiger partial charge in [0.05, 0.1) is 5.56 Å². The Kier molecular flexibility index (Phi) is 3.05. The summed E-state index contributed by atoms with van der Waals surface area (Å²) in [7, 11) is 0. The van der Waals surface area contributed by atoms with Crippen LogP contribution in [0.3, 0.4) is 0 Å². The lowest BCUT2D eigenvalue weighted by atomic mass is 10.1. The number of aromatic nitrogens is 3. The van der Waals surface area contributed by atoms with Gasteiger partial charge in [0.15, 0.2) is 5.82 Å².